The third kappa shape index (κ3) is 3.23. The maximum atomic E-state index is 13.8. The number of aliphatic carboxylic acids is 1. The monoisotopic (exact) mass is 293 g/mol. The van der Waals surface area contributed by atoms with Gasteiger partial charge in [-0.3, -0.25) is 4.79 Å². The summed E-state index contributed by atoms with van der Waals surface area (Å²) in [6, 6.07) is 4.29. The van der Waals surface area contributed by atoms with Crippen molar-refractivity contribution in [1.29, 1.82) is 0 Å². The van der Waals surface area contributed by atoms with E-state index in [0.29, 0.717) is 24.3 Å². The molecule has 0 heterocycles. The molecule has 0 saturated heterocycles. The van der Waals surface area contributed by atoms with E-state index in [-0.39, 0.29) is 5.56 Å². The summed E-state index contributed by atoms with van der Waals surface area (Å²) in [5.74, 6) is -1.89. The molecule has 0 spiro atoms. The Balaban J connectivity index is 2.21. The first-order chi connectivity index (χ1) is 9.84. The van der Waals surface area contributed by atoms with E-state index >= 15 is 0 Å². The van der Waals surface area contributed by atoms with Crippen LogP contribution in [-0.2, 0) is 4.79 Å². The SMILES string of the molecule is Cc1ccc(C(=O)NC2(C(=O)O)CCC(C)CC2)c(F)c1. The number of hydrogen-bond acceptors (Lipinski definition) is 2. The minimum Gasteiger partial charge on any atom is -0.480 e. The lowest BCUT2D eigenvalue weighted by Gasteiger charge is -2.36. The summed E-state index contributed by atoms with van der Waals surface area (Å²) < 4.78 is 13.8. The average molecular weight is 293 g/mol. The van der Waals surface area contributed by atoms with Crippen LogP contribution in [0.1, 0.15) is 48.5 Å². The van der Waals surface area contributed by atoms with Gasteiger partial charge in [0.15, 0.2) is 0 Å². The zero-order valence-electron chi connectivity index (χ0n) is 12.3. The second-order valence-electron chi connectivity index (χ2n) is 6.01. The van der Waals surface area contributed by atoms with Crippen molar-refractivity contribution >= 4 is 11.9 Å². The quantitative estimate of drug-likeness (QED) is 0.900. The molecule has 5 heteroatoms. The van der Waals surface area contributed by atoms with Crippen LogP contribution in [0.5, 0.6) is 0 Å². The summed E-state index contributed by atoms with van der Waals surface area (Å²) in [6.45, 7) is 3.79. The minimum atomic E-state index is -1.28. The third-order valence-corrected chi connectivity index (χ3v) is 4.26. The van der Waals surface area contributed by atoms with Crippen LogP contribution in [0.4, 0.5) is 4.39 Å². The van der Waals surface area contributed by atoms with E-state index in [1.807, 2.05) is 0 Å². The Morgan fingerprint density at radius 2 is 1.95 bits per heavy atom. The zero-order chi connectivity index (χ0) is 15.6. The zero-order valence-corrected chi connectivity index (χ0v) is 12.3. The van der Waals surface area contributed by atoms with Gasteiger partial charge in [-0.25, -0.2) is 9.18 Å². The van der Waals surface area contributed by atoms with Crippen LogP contribution in [0.25, 0.3) is 0 Å². The Kier molecular flexibility index (Phi) is 4.30. The predicted octanol–water partition coefficient (Wildman–Crippen LogP) is 2.90. The van der Waals surface area contributed by atoms with Crippen molar-refractivity contribution in [3.05, 3.63) is 35.1 Å². The number of amides is 1. The lowest BCUT2D eigenvalue weighted by Crippen LogP contribution is -2.56. The molecule has 1 aliphatic rings. The lowest BCUT2D eigenvalue weighted by atomic mass is 9.77. The highest BCUT2D eigenvalue weighted by Crippen LogP contribution is 2.32. The summed E-state index contributed by atoms with van der Waals surface area (Å²) in [5, 5.41) is 12.0. The van der Waals surface area contributed by atoms with Gasteiger partial charge in [0.25, 0.3) is 5.91 Å². The summed E-state index contributed by atoms with van der Waals surface area (Å²) in [5.41, 5.74) is -0.677. The van der Waals surface area contributed by atoms with E-state index in [9.17, 15) is 19.1 Å². The Bertz CT molecular complexity index is 563. The highest BCUT2D eigenvalue weighted by Gasteiger charge is 2.42. The maximum absolute atomic E-state index is 13.8. The number of aryl methyl sites for hydroxylation is 1. The minimum absolute atomic E-state index is 0.111. The van der Waals surface area contributed by atoms with E-state index < -0.39 is 23.2 Å². The predicted molar refractivity (Wildman–Crippen MR) is 76.6 cm³/mol. The van der Waals surface area contributed by atoms with Crippen molar-refractivity contribution in [2.45, 2.75) is 45.1 Å². The fourth-order valence-electron chi connectivity index (χ4n) is 2.74. The van der Waals surface area contributed by atoms with Gasteiger partial charge in [-0.1, -0.05) is 13.0 Å². The van der Waals surface area contributed by atoms with E-state index in [0.717, 1.165) is 12.8 Å². The fourth-order valence-corrected chi connectivity index (χ4v) is 2.74. The number of rotatable bonds is 3. The summed E-state index contributed by atoms with van der Waals surface area (Å²) in [6.07, 6.45) is 2.23. The van der Waals surface area contributed by atoms with Gasteiger partial charge >= 0.3 is 5.97 Å². The number of benzene rings is 1. The molecule has 0 radical (unpaired) electrons. The molecule has 0 aromatic heterocycles. The second-order valence-corrected chi connectivity index (χ2v) is 6.01. The van der Waals surface area contributed by atoms with Crippen molar-refractivity contribution in [3.8, 4) is 0 Å². The first kappa shape index (κ1) is 15.5. The molecule has 2 N–H and O–H groups in total. The molecular formula is C16H20FNO3. The van der Waals surface area contributed by atoms with Gasteiger partial charge < -0.3 is 10.4 Å². The molecule has 21 heavy (non-hydrogen) atoms. The summed E-state index contributed by atoms with van der Waals surface area (Å²) >= 11 is 0. The smallest absolute Gasteiger partial charge is 0.329 e. The van der Waals surface area contributed by atoms with Crippen LogP contribution in [-0.4, -0.2) is 22.5 Å². The molecule has 0 unspecified atom stereocenters. The number of carbonyl (C=O) groups is 2. The molecule has 1 saturated carbocycles. The van der Waals surface area contributed by atoms with Gasteiger partial charge in [-0.05, 0) is 56.2 Å². The van der Waals surface area contributed by atoms with Crippen molar-refractivity contribution in [2.75, 3.05) is 0 Å². The van der Waals surface area contributed by atoms with Gasteiger partial charge in [-0.2, -0.15) is 0 Å². The number of carboxylic acids is 1. The highest BCUT2D eigenvalue weighted by atomic mass is 19.1. The summed E-state index contributed by atoms with van der Waals surface area (Å²) in [7, 11) is 0. The molecule has 0 atom stereocenters. The molecule has 2 rings (SSSR count). The van der Waals surface area contributed by atoms with Gasteiger partial charge in [-0.15, -0.1) is 0 Å². The summed E-state index contributed by atoms with van der Waals surface area (Å²) in [4.78, 5) is 23.8. The van der Waals surface area contributed by atoms with Gasteiger partial charge in [0.2, 0.25) is 0 Å². The van der Waals surface area contributed by atoms with E-state index in [2.05, 4.69) is 12.2 Å². The second kappa shape index (κ2) is 5.84. The van der Waals surface area contributed by atoms with Gasteiger partial charge in [0, 0.05) is 0 Å². The molecule has 1 fully saturated rings. The Morgan fingerprint density at radius 3 is 2.48 bits per heavy atom. The van der Waals surface area contributed by atoms with Crippen molar-refractivity contribution in [2.24, 2.45) is 5.92 Å². The number of nitrogens with one attached hydrogen (secondary N) is 1. The standard InChI is InChI=1S/C16H20FNO3/c1-10-5-7-16(8-6-10,15(20)21)18-14(19)12-4-3-11(2)9-13(12)17/h3-4,9-10H,5-8H2,1-2H3,(H,18,19)(H,20,21). The molecule has 0 aliphatic heterocycles. The van der Waals surface area contributed by atoms with E-state index in [1.54, 1.807) is 13.0 Å². The molecule has 0 bridgehead atoms. The van der Waals surface area contributed by atoms with Crippen molar-refractivity contribution in [1.82, 2.24) is 5.32 Å². The van der Waals surface area contributed by atoms with Crippen LogP contribution in [0.2, 0.25) is 0 Å². The van der Waals surface area contributed by atoms with E-state index in [4.69, 9.17) is 0 Å². The van der Waals surface area contributed by atoms with Crippen LogP contribution in [0.15, 0.2) is 18.2 Å². The van der Waals surface area contributed by atoms with Crippen molar-refractivity contribution < 1.29 is 19.1 Å². The first-order valence-electron chi connectivity index (χ1n) is 7.16. The molecule has 114 valence electrons. The molecule has 1 aromatic rings. The van der Waals surface area contributed by atoms with Crippen LogP contribution in [0.3, 0.4) is 0 Å². The van der Waals surface area contributed by atoms with Crippen molar-refractivity contribution in [3.63, 3.8) is 0 Å². The molecule has 1 amide bonds. The van der Waals surface area contributed by atoms with Crippen LogP contribution in [0, 0.1) is 18.7 Å². The normalized spacial score (nSPS) is 25.4. The largest absolute Gasteiger partial charge is 0.480 e. The Hall–Kier alpha value is -1.91. The van der Waals surface area contributed by atoms with E-state index in [1.165, 1.54) is 12.1 Å². The number of carboxylic acid groups (broad SMARTS) is 1. The molecule has 1 aliphatic carbocycles. The van der Waals surface area contributed by atoms with Crippen LogP contribution >= 0.6 is 0 Å². The number of carbonyl (C=O) groups excluding carboxylic acids is 1. The first-order valence-corrected chi connectivity index (χ1v) is 7.16. The lowest BCUT2D eigenvalue weighted by molar-refractivity contribution is -0.146. The fraction of sp³-hybridized carbons (Fsp3) is 0.500. The Morgan fingerprint density at radius 1 is 1.33 bits per heavy atom. The third-order valence-electron chi connectivity index (χ3n) is 4.26. The highest BCUT2D eigenvalue weighted by molar-refractivity contribution is 5.98. The molecular weight excluding hydrogens is 273 g/mol. The van der Waals surface area contributed by atoms with Crippen LogP contribution < -0.4 is 5.32 Å². The van der Waals surface area contributed by atoms with Gasteiger partial charge in [0.1, 0.15) is 11.4 Å². The molecule has 4 nitrogen and oxygen atoms in total. The number of halogens is 1. The van der Waals surface area contributed by atoms with Gasteiger partial charge in [0.05, 0.1) is 5.56 Å². The average Bonchev–Trinajstić information content (AvgIpc) is 2.41. The topological polar surface area (TPSA) is 66.4 Å². The maximum Gasteiger partial charge on any atom is 0.329 e. The molecule has 1 aromatic carbocycles. The number of hydrogen-bond donors (Lipinski definition) is 2. The Labute approximate surface area is 123 Å².